The zero-order chi connectivity index (χ0) is 15.2. The van der Waals surface area contributed by atoms with Crippen LogP contribution in [0.2, 0.25) is 0 Å². The SMILES string of the molecule is CCN(CC)CCn1nnc(C(=O)O)c1C1CCNCC1. The van der Waals surface area contributed by atoms with Crippen LogP contribution in [0.3, 0.4) is 0 Å². The summed E-state index contributed by atoms with van der Waals surface area (Å²) in [4.78, 5) is 13.7. The number of carboxylic acid groups (broad SMARTS) is 1. The summed E-state index contributed by atoms with van der Waals surface area (Å²) >= 11 is 0. The largest absolute Gasteiger partial charge is 0.476 e. The monoisotopic (exact) mass is 295 g/mol. The highest BCUT2D eigenvalue weighted by Gasteiger charge is 2.27. The van der Waals surface area contributed by atoms with Gasteiger partial charge in [-0.25, -0.2) is 9.48 Å². The normalized spacial score (nSPS) is 16.5. The minimum Gasteiger partial charge on any atom is -0.476 e. The van der Waals surface area contributed by atoms with Gasteiger partial charge in [0.2, 0.25) is 0 Å². The first-order valence-corrected chi connectivity index (χ1v) is 7.77. The zero-order valence-electron chi connectivity index (χ0n) is 12.9. The maximum absolute atomic E-state index is 11.4. The van der Waals surface area contributed by atoms with Crippen LogP contribution in [0.5, 0.6) is 0 Å². The Labute approximate surface area is 125 Å². The molecule has 2 N–H and O–H groups in total. The number of aromatic nitrogens is 3. The van der Waals surface area contributed by atoms with Crippen LogP contribution < -0.4 is 5.32 Å². The second kappa shape index (κ2) is 7.51. The van der Waals surface area contributed by atoms with Gasteiger partial charge < -0.3 is 15.3 Å². The molecule has 2 heterocycles. The summed E-state index contributed by atoms with van der Waals surface area (Å²) in [5.74, 6) is -0.735. The van der Waals surface area contributed by atoms with Crippen molar-refractivity contribution in [1.29, 1.82) is 0 Å². The summed E-state index contributed by atoms with van der Waals surface area (Å²) in [6, 6.07) is 0. The van der Waals surface area contributed by atoms with Crippen LogP contribution in [-0.2, 0) is 6.54 Å². The van der Waals surface area contributed by atoms with Crippen molar-refractivity contribution in [2.45, 2.75) is 39.2 Å². The molecule has 0 unspecified atom stereocenters. The molecule has 0 bridgehead atoms. The van der Waals surface area contributed by atoms with Gasteiger partial charge in [-0.05, 0) is 39.0 Å². The Kier molecular flexibility index (Phi) is 5.69. The molecule has 0 amide bonds. The summed E-state index contributed by atoms with van der Waals surface area (Å²) in [7, 11) is 0. The minimum atomic E-state index is -0.974. The standard InChI is InChI=1S/C14H25N5O2/c1-3-18(4-2)9-10-19-13(11-5-7-15-8-6-11)12(14(20)21)16-17-19/h11,15H,3-10H2,1-2H3,(H,20,21). The van der Waals surface area contributed by atoms with E-state index in [1.807, 2.05) is 0 Å². The van der Waals surface area contributed by atoms with Crippen molar-refractivity contribution in [2.75, 3.05) is 32.7 Å². The molecule has 0 saturated carbocycles. The lowest BCUT2D eigenvalue weighted by Crippen LogP contribution is -2.31. The van der Waals surface area contributed by atoms with E-state index in [2.05, 4.69) is 34.4 Å². The van der Waals surface area contributed by atoms with Gasteiger partial charge in [0.25, 0.3) is 0 Å². The highest BCUT2D eigenvalue weighted by atomic mass is 16.4. The van der Waals surface area contributed by atoms with E-state index in [1.165, 1.54) is 0 Å². The maximum atomic E-state index is 11.4. The van der Waals surface area contributed by atoms with Gasteiger partial charge in [0, 0.05) is 12.5 Å². The molecule has 0 spiro atoms. The molecular weight excluding hydrogens is 270 g/mol. The molecule has 7 heteroatoms. The Bertz CT molecular complexity index is 464. The van der Waals surface area contributed by atoms with Gasteiger partial charge in [-0.2, -0.15) is 0 Å². The van der Waals surface area contributed by atoms with E-state index in [1.54, 1.807) is 4.68 Å². The molecule has 1 saturated heterocycles. The van der Waals surface area contributed by atoms with Crippen molar-refractivity contribution in [3.8, 4) is 0 Å². The third-order valence-corrected chi connectivity index (χ3v) is 4.22. The number of nitrogens with zero attached hydrogens (tertiary/aromatic N) is 4. The van der Waals surface area contributed by atoms with E-state index < -0.39 is 5.97 Å². The van der Waals surface area contributed by atoms with Crippen LogP contribution >= 0.6 is 0 Å². The number of nitrogens with one attached hydrogen (secondary N) is 1. The zero-order valence-corrected chi connectivity index (χ0v) is 12.9. The fraction of sp³-hybridized carbons (Fsp3) is 0.786. The molecule has 118 valence electrons. The highest BCUT2D eigenvalue weighted by Crippen LogP contribution is 2.27. The Morgan fingerprint density at radius 2 is 2.05 bits per heavy atom. The number of rotatable bonds is 7. The second-order valence-corrected chi connectivity index (χ2v) is 5.40. The molecule has 1 aromatic heterocycles. The number of aromatic carboxylic acids is 1. The fourth-order valence-corrected chi connectivity index (χ4v) is 2.91. The van der Waals surface area contributed by atoms with Gasteiger partial charge in [-0.3, -0.25) is 0 Å². The van der Waals surface area contributed by atoms with Crippen molar-refractivity contribution >= 4 is 5.97 Å². The number of hydrogen-bond donors (Lipinski definition) is 2. The first kappa shape index (κ1) is 15.9. The van der Waals surface area contributed by atoms with Crippen LogP contribution in [-0.4, -0.2) is 63.7 Å². The third kappa shape index (κ3) is 3.79. The smallest absolute Gasteiger partial charge is 0.358 e. The van der Waals surface area contributed by atoms with Gasteiger partial charge >= 0.3 is 5.97 Å². The number of hydrogen-bond acceptors (Lipinski definition) is 5. The van der Waals surface area contributed by atoms with Crippen LogP contribution in [0.15, 0.2) is 0 Å². The van der Waals surface area contributed by atoms with E-state index in [9.17, 15) is 9.90 Å². The summed E-state index contributed by atoms with van der Waals surface area (Å²) in [5.41, 5.74) is 0.928. The van der Waals surface area contributed by atoms with E-state index in [0.717, 1.165) is 51.3 Å². The number of carbonyl (C=O) groups is 1. The number of piperidine rings is 1. The molecular formula is C14H25N5O2. The van der Waals surface area contributed by atoms with Gasteiger partial charge in [-0.15, -0.1) is 5.10 Å². The van der Waals surface area contributed by atoms with Crippen molar-refractivity contribution in [3.05, 3.63) is 11.4 Å². The quantitative estimate of drug-likeness (QED) is 0.773. The van der Waals surface area contributed by atoms with Gasteiger partial charge in [-0.1, -0.05) is 19.1 Å². The van der Waals surface area contributed by atoms with E-state index >= 15 is 0 Å². The summed E-state index contributed by atoms with van der Waals surface area (Å²) < 4.78 is 1.80. The number of likely N-dealkylation sites (N-methyl/N-ethyl adjacent to an activating group) is 1. The minimum absolute atomic E-state index is 0.126. The van der Waals surface area contributed by atoms with Crippen LogP contribution in [0.1, 0.15) is 48.8 Å². The molecule has 21 heavy (non-hydrogen) atoms. The Morgan fingerprint density at radius 3 is 2.62 bits per heavy atom. The highest BCUT2D eigenvalue weighted by molar-refractivity contribution is 5.86. The molecule has 0 aliphatic carbocycles. The Morgan fingerprint density at radius 1 is 1.38 bits per heavy atom. The van der Waals surface area contributed by atoms with Crippen LogP contribution in [0.4, 0.5) is 0 Å². The van der Waals surface area contributed by atoms with Crippen molar-refractivity contribution in [1.82, 2.24) is 25.2 Å². The lowest BCUT2D eigenvalue weighted by Gasteiger charge is -2.24. The summed E-state index contributed by atoms with van der Waals surface area (Å²) in [6.45, 7) is 9.63. The summed E-state index contributed by atoms with van der Waals surface area (Å²) in [6.07, 6.45) is 1.89. The first-order chi connectivity index (χ1) is 10.2. The van der Waals surface area contributed by atoms with Gasteiger partial charge in [0.05, 0.1) is 12.2 Å². The molecule has 1 fully saturated rings. The van der Waals surface area contributed by atoms with Crippen LogP contribution in [0, 0.1) is 0 Å². The van der Waals surface area contributed by atoms with Crippen LogP contribution in [0.25, 0.3) is 0 Å². The maximum Gasteiger partial charge on any atom is 0.358 e. The average Bonchev–Trinajstić information content (AvgIpc) is 2.93. The predicted molar refractivity (Wildman–Crippen MR) is 79.6 cm³/mol. The first-order valence-electron chi connectivity index (χ1n) is 7.77. The molecule has 0 aromatic carbocycles. The van der Waals surface area contributed by atoms with E-state index in [-0.39, 0.29) is 11.6 Å². The topological polar surface area (TPSA) is 83.3 Å². The lowest BCUT2D eigenvalue weighted by atomic mass is 9.93. The van der Waals surface area contributed by atoms with Gasteiger partial charge in [0.1, 0.15) is 0 Å². The summed E-state index contributed by atoms with van der Waals surface area (Å²) in [5, 5.41) is 20.6. The predicted octanol–water partition coefficient (Wildman–Crippen LogP) is 0.785. The fourth-order valence-electron chi connectivity index (χ4n) is 2.91. The van der Waals surface area contributed by atoms with E-state index in [4.69, 9.17) is 0 Å². The molecule has 7 nitrogen and oxygen atoms in total. The Balaban J connectivity index is 2.18. The van der Waals surface area contributed by atoms with E-state index in [0.29, 0.717) is 6.54 Å². The molecule has 1 aliphatic heterocycles. The molecule has 1 aromatic rings. The van der Waals surface area contributed by atoms with Gasteiger partial charge in [0.15, 0.2) is 5.69 Å². The number of carboxylic acids is 1. The molecule has 0 radical (unpaired) electrons. The second-order valence-electron chi connectivity index (χ2n) is 5.40. The Hall–Kier alpha value is -1.47. The third-order valence-electron chi connectivity index (χ3n) is 4.22. The van der Waals surface area contributed by atoms with Crippen molar-refractivity contribution in [3.63, 3.8) is 0 Å². The molecule has 1 aliphatic rings. The van der Waals surface area contributed by atoms with Crippen molar-refractivity contribution < 1.29 is 9.90 Å². The molecule has 0 atom stereocenters. The average molecular weight is 295 g/mol. The van der Waals surface area contributed by atoms with Crippen molar-refractivity contribution in [2.24, 2.45) is 0 Å². The lowest BCUT2D eigenvalue weighted by molar-refractivity contribution is 0.0688. The molecule has 2 rings (SSSR count).